The molecule has 0 unspecified atom stereocenters. The van der Waals surface area contributed by atoms with Gasteiger partial charge in [0.25, 0.3) is 0 Å². The molecule has 3 aliphatic carbocycles. The number of carbonyl (C=O) groups excluding carboxylic acids is 2. The van der Waals surface area contributed by atoms with Gasteiger partial charge in [0.05, 0.1) is 7.11 Å². The van der Waals surface area contributed by atoms with E-state index in [1.807, 2.05) is 6.08 Å². The van der Waals surface area contributed by atoms with Crippen LogP contribution in [0.5, 0.6) is 0 Å². The normalized spacial score (nSPS) is 38.9. The van der Waals surface area contributed by atoms with Gasteiger partial charge in [0.1, 0.15) is 0 Å². The Kier molecular flexibility index (Phi) is 7.75. The molecular weight excluding hydrogens is 384 g/mol. The topological polar surface area (TPSA) is 43.4 Å². The standard InChI is InChI=1S/C28H46O3/c1-19(2)10-9-11-20(3)22-13-14-23-21(18-26(30)31-6)24(15-17-27(22,23)4)28(5)16-8-7-12-25(28)29/h7,12,19-24H,8-11,13-18H2,1-6H3/t20-,21+,22-,23+,24+,27-,28+/m1/s1. The molecule has 0 aromatic heterocycles. The maximum Gasteiger partial charge on any atom is 0.305 e. The molecule has 176 valence electrons. The summed E-state index contributed by atoms with van der Waals surface area (Å²) in [6.45, 7) is 11.8. The molecular formula is C28H46O3. The van der Waals surface area contributed by atoms with Gasteiger partial charge >= 0.3 is 5.97 Å². The quantitative estimate of drug-likeness (QED) is 0.389. The summed E-state index contributed by atoms with van der Waals surface area (Å²) in [4.78, 5) is 25.5. The number of methoxy groups -OCH3 is 1. The molecule has 0 N–H and O–H groups in total. The largest absolute Gasteiger partial charge is 0.469 e. The third-order valence-corrected chi connectivity index (χ3v) is 9.75. The van der Waals surface area contributed by atoms with Gasteiger partial charge in [-0.2, -0.15) is 0 Å². The van der Waals surface area contributed by atoms with Crippen molar-refractivity contribution in [2.75, 3.05) is 7.11 Å². The van der Waals surface area contributed by atoms with Gasteiger partial charge in [0, 0.05) is 11.8 Å². The minimum absolute atomic E-state index is 0.102. The zero-order valence-corrected chi connectivity index (χ0v) is 20.9. The number of fused-ring (bicyclic) bond motifs is 1. The molecule has 0 heterocycles. The molecule has 0 saturated heterocycles. The lowest BCUT2D eigenvalue weighted by Crippen LogP contribution is -2.50. The van der Waals surface area contributed by atoms with Gasteiger partial charge in [-0.15, -0.1) is 0 Å². The van der Waals surface area contributed by atoms with Crippen LogP contribution in [0.3, 0.4) is 0 Å². The summed E-state index contributed by atoms with van der Waals surface area (Å²) in [5.41, 5.74) is -0.0356. The van der Waals surface area contributed by atoms with Gasteiger partial charge in [0.15, 0.2) is 5.78 Å². The van der Waals surface area contributed by atoms with E-state index in [9.17, 15) is 9.59 Å². The summed E-state index contributed by atoms with van der Waals surface area (Å²) < 4.78 is 5.14. The van der Waals surface area contributed by atoms with Crippen molar-refractivity contribution in [2.24, 2.45) is 46.3 Å². The van der Waals surface area contributed by atoms with Crippen molar-refractivity contribution in [1.82, 2.24) is 0 Å². The monoisotopic (exact) mass is 430 g/mol. The Hall–Kier alpha value is -1.12. The van der Waals surface area contributed by atoms with Gasteiger partial charge in [-0.25, -0.2) is 0 Å². The SMILES string of the molecule is COC(=O)C[C@H]1[C@@H]2CC[C@H]([C@H](C)CCCC(C)C)[C@@]2(C)CC[C@@H]1[C@]1(C)CCC=CC1=O. The highest BCUT2D eigenvalue weighted by Crippen LogP contribution is 2.64. The van der Waals surface area contributed by atoms with E-state index in [0.717, 1.165) is 37.0 Å². The zero-order valence-electron chi connectivity index (χ0n) is 20.9. The molecule has 7 atom stereocenters. The van der Waals surface area contributed by atoms with Crippen molar-refractivity contribution in [3.63, 3.8) is 0 Å². The van der Waals surface area contributed by atoms with Gasteiger partial charge in [-0.05, 0) is 85.5 Å². The lowest BCUT2D eigenvalue weighted by atomic mass is 9.50. The minimum Gasteiger partial charge on any atom is -0.469 e. The minimum atomic E-state index is -0.324. The number of ketones is 1. The smallest absolute Gasteiger partial charge is 0.305 e. The van der Waals surface area contributed by atoms with E-state index < -0.39 is 0 Å². The van der Waals surface area contributed by atoms with Crippen molar-refractivity contribution in [3.8, 4) is 0 Å². The van der Waals surface area contributed by atoms with E-state index in [2.05, 4.69) is 34.6 Å². The van der Waals surface area contributed by atoms with Crippen molar-refractivity contribution in [1.29, 1.82) is 0 Å². The Bertz CT molecular complexity index is 680. The predicted octanol–water partition coefficient (Wildman–Crippen LogP) is 7.00. The maximum absolute atomic E-state index is 13.0. The third-order valence-electron chi connectivity index (χ3n) is 9.75. The van der Waals surface area contributed by atoms with E-state index in [0.29, 0.717) is 12.3 Å². The molecule has 31 heavy (non-hydrogen) atoms. The number of rotatable bonds is 8. The number of carbonyl (C=O) groups is 2. The molecule has 3 nitrogen and oxygen atoms in total. The first-order valence-corrected chi connectivity index (χ1v) is 12.9. The fourth-order valence-electron chi connectivity index (χ4n) is 7.92. The molecule has 3 rings (SSSR count). The highest BCUT2D eigenvalue weighted by atomic mass is 16.5. The van der Waals surface area contributed by atoms with Crippen LogP contribution in [0.4, 0.5) is 0 Å². The van der Waals surface area contributed by atoms with Crippen molar-refractivity contribution in [3.05, 3.63) is 12.2 Å². The molecule has 0 radical (unpaired) electrons. The number of allylic oxidation sites excluding steroid dienone is 2. The second-order valence-corrected chi connectivity index (χ2v) is 11.9. The van der Waals surface area contributed by atoms with E-state index >= 15 is 0 Å². The molecule has 2 saturated carbocycles. The maximum atomic E-state index is 13.0. The van der Waals surface area contributed by atoms with Crippen LogP contribution in [0.2, 0.25) is 0 Å². The molecule has 0 aromatic rings. The molecule has 0 bridgehead atoms. The van der Waals surface area contributed by atoms with E-state index in [4.69, 9.17) is 4.74 Å². The van der Waals surface area contributed by atoms with Crippen LogP contribution in [0.25, 0.3) is 0 Å². The molecule has 3 aliphatic rings. The zero-order chi connectivity index (χ0) is 22.8. The van der Waals surface area contributed by atoms with E-state index in [1.54, 1.807) is 6.08 Å². The van der Waals surface area contributed by atoms with Crippen molar-refractivity contribution >= 4 is 11.8 Å². The number of ether oxygens (including phenoxy) is 1. The first-order chi connectivity index (χ1) is 14.6. The number of hydrogen-bond acceptors (Lipinski definition) is 3. The highest BCUT2D eigenvalue weighted by Gasteiger charge is 2.58. The summed E-state index contributed by atoms with van der Waals surface area (Å²) in [6.07, 6.45) is 14.9. The lowest BCUT2D eigenvalue weighted by Gasteiger charge is -2.54. The Morgan fingerprint density at radius 2 is 1.84 bits per heavy atom. The molecule has 2 fully saturated rings. The first kappa shape index (κ1) is 24.5. The Balaban J connectivity index is 1.83. The fraction of sp³-hybridized carbons (Fsp3) is 0.857. The van der Waals surface area contributed by atoms with Crippen LogP contribution < -0.4 is 0 Å². The molecule has 0 aromatic carbocycles. The predicted molar refractivity (Wildman–Crippen MR) is 127 cm³/mol. The average molecular weight is 431 g/mol. The summed E-state index contributed by atoms with van der Waals surface area (Å²) in [5, 5.41) is 0. The van der Waals surface area contributed by atoms with Crippen molar-refractivity contribution in [2.45, 2.75) is 98.8 Å². The van der Waals surface area contributed by atoms with E-state index in [1.165, 1.54) is 45.6 Å². The average Bonchev–Trinajstić information content (AvgIpc) is 3.07. The second-order valence-electron chi connectivity index (χ2n) is 11.9. The van der Waals surface area contributed by atoms with Gasteiger partial charge < -0.3 is 4.74 Å². The Morgan fingerprint density at radius 1 is 1.10 bits per heavy atom. The first-order valence-electron chi connectivity index (χ1n) is 12.9. The summed E-state index contributed by atoms with van der Waals surface area (Å²) in [5.74, 6) is 3.50. The van der Waals surface area contributed by atoms with Crippen LogP contribution in [0.1, 0.15) is 98.8 Å². The summed E-state index contributed by atoms with van der Waals surface area (Å²) >= 11 is 0. The highest BCUT2D eigenvalue weighted by molar-refractivity contribution is 5.95. The van der Waals surface area contributed by atoms with Crippen LogP contribution in [-0.2, 0) is 14.3 Å². The Labute approximate surface area is 190 Å². The van der Waals surface area contributed by atoms with E-state index in [-0.39, 0.29) is 34.4 Å². The van der Waals surface area contributed by atoms with Crippen LogP contribution in [0.15, 0.2) is 12.2 Å². The molecule has 0 spiro atoms. The number of esters is 1. The molecule has 0 aliphatic heterocycles. The van der Waals surface area contributed by atoms with Crippen LogP contribution in [-0.4, -0.2) is 18.9 Å². The molecule has 3 heteroatoms. The Morgan fingerprint density at radius 3 is 2.48 bits per heavy atom. The van der Waals surface area contributed by atoms with Gasteiger partial charge in [0.2, 0.25) is 0 Å². The molecule has 0 amide bonds. The van der Waals surface area contributed by atoms with Gasteiger partial charge in [-0.3, -0.25) is 9.59 Å². The van der Waals surface area contributed by atoms with Crippen molar-refractivity contribution < 1.29 is 14.3 Å². The fourth-order valence-corrected chi connectivity index (χ4v) is 7.92. The second kappa shape index (κ2) is 9.79. The third kappa shape index (κ3) is 4.81. The number of hydrogen-bond donors (Lipinski definition) is 0. The lowest BCUT2D eigenvalue weighted by molar-refractivity contribution is -0.149. The van der Waals surface area contributed by atoms with Crippen LogP contribution >= 0.6 is 0 Å². The van der Waals surface area contributed by atoms with Crippen LogP contribution in [0, 0.1) is 46.3 Å². The van der Waals surface area contributed by atoms with Gasteiger partial charge in [-0.1, -0.05) is 60.0 Å². The summed E-state index contributed by atoms with van der Waals surface area (Å²) in [6, 6.07) is 0. The summed E-state index contributed by atoms with van der Waals surface area (Å²) in [7, 11) is 1.50.